The van der Waals surface area contributed by atoms with Gasteiger partial charge in [0.15, 0.2) is 0 Å². The molecule has 1 aliphatic heterocycles. The van der Waals surface area contributed by atoms with E-state index < -0.39 is 42.7 Å². The predicted octanol–water partition coefficient (Wildman–Crippen LogP) is 0.971. The monoisotopic (exact) mass is 499 g/mol. The molecule has 9 nitrogen and oxygen atoms in total. The average molecular weight is 500 g/mol. The molecule has 1 heterocycles. The molecule has 1 atom stereocenters. The first-order valence-electron chi connectivity index (χ1n) is 10.3. The summed E-state index contributed by atoms with van der Waals surface area (Å²) in [6, 6.07) is 10.5. The number of benzene rings is 2. The van der Waals surface area contributed by atoms with Crippen LogP contribution in [-0.4, -0.2) is 59.4 Å². The Balaban J connectivity index is 1.64. The van der Waals surface area contributed by atoms with Gasteiger partial charge in [0.05, 0.1) is 25.0 Å². The van der Waals surface area contributed by atoms with Crippen LogP contribution in [0.15, 0.2) is 53.4 Å². The Morgan fingerprint density at radius 1 is 1.03 bits per heavy atom. The number of morpholine rings is 1. The van der Waals surface area contributed by atoms with Crippen LogP contribution in [0.4, 0.5) is 4.39 Å². The number of amides is 1. The van der Waals surface area contributed by atoms with Crippen LogP contribution >= 0.6 is 0 Å². The lowest BCUT2D eigenvalue weighted by atomic mass is 10.1. The van der Waals surface area contributed by atoms with Gasteiger partial charge in [-0.3, -0.25) is 4.79 Å². The second kappa shape index (κ2) is 10.7. The minimum absolute atomic E-state index is 0.000592. The van der Waals surface area contributed by atoms with Gasteiger partial charge in [0.1, 0.15) is 10.7 Å². The fourth-order valence-corrected chi connectivity index (χ4v) is 6.18. The number of carbonyl (C=O) groups excluding carboxylic acids is 1. The summed E-state index contributed by atoms with van der Waals surface area (Å²) in [5.74, 6) is -1.79. The number of carbonyl (C=O) groups is 1. The van der Waals surface area contributed by atoms with E-state index in [1.165, 1.54) is 23.4 Å². The first kappa shape index (κ1) is 25.2. The topological polar surface area (TPSA) is 122 Å². The third kappa shape index (κ3) is 6.58. The van der Waals surface area contributed by atoms with Gasteiger partial charge in [-0.25, -0.2) is 21.2 Å². The number of ether oxygens (including phenoxy) is 1. The van der Waals surface area contributed by atoms with E-state index in [1.54, 1.807) is 24.3 Å². The second-order valence-corrected chi connectivity index (χ2v) is 11.2. The third-order valence-corrected chi connectivity index (χ3v) is 8.53. The zero-order valence-electron chi connectivity index (χ0n) is 18.0. The zero-order chi connectivity index (χ0) is 24.1. The molecule has 0 saturated carbocycles. The number of nitrogens with one attached hydrogen (secondary N) is 2. The van der Waals surface area contributed by atoms with Gasteiger partial charge in [-0.05, 0) is 30.2 Å². The van der Waals surface area contributed by atoms with Crippen molar-refractivity contribution in [3.8, 4) is 0 Å². The van der Waals surface area contributed by atoms with Gasteiger partial charge >= 0.3 is 0 Å². The molecule has 1 amide bonds. The summed E-state index contributed by atoms with van der Waals surface area (Å²) >= 11 is 0. The number of halogens is 1. The van der Waals surface area contributed by atoms with E-state index in [4.69, 9.17) is 4.74 Å². The molecule has 0 aromatic heterocycles. The highest BCUT2D eigenvalue weighted by atomic mass is 32.2. The van der Waals surface area contributed by atoms with Gasteiger partial charge in [-0.2, -0.15) is 9.03 Å². The molecule has 2 aromatic carbocycles. The molecule has 0 radical (unpaired) electrons. The number of hydrogen-bond acceptors (Lipinski definition) is 6. The van der Waals surface area contributed by atoms with E-state index in [9.17, 15) is 26.0 Å². The van der Waals surface area contributed by atoms with Crippen LogP contribution < -0.4 is 10.0 Å². The highest BCUT2D eigenvalue weighted by Gasteiger charge is 2.26. The summed E-state index contributed by atoms with van der Waals surface area (Å²) in [5, 5.41) is 2.61. The fourth-order valence-electron chi connectivity index (χ4n) is 3.33. The first-order valence-corrected chi connectivity index (χ1v) is 13.4. The maximum Gasteiger partial charge on any atom is 0.244 e. The van der Waals surface area contributed by atoms with Crippen LogP contribution in [0.2, 0.25) is 0 Å². The molecule has 0 unspecified atom stereocenters. The van der Waals surface area contributed by atoms with Crippen molar-refractivity contribution in [1.29, 1.82) is 0 Å². The third-order valence-electron chi connectivity index (χ3n) is 5.12. The number of rotatable bonds is 9. The molecule has 0 aliphatic carbocycles. The lowest BCUT2D eigenvalue weighted by Crippen LogP contribution is -2.44. The van der Waals surface area contributed by atoms with E-state index in [2.05, 4.69) is 10.0 Å². The molecule has 180 valence electrons. The van der Waals surface area contributed by atoms with Crippen molar-refractivity contribution in [2.45, 2.75) is 30.2 Å². The molecule has 1 aliphatic rings. The SMILES string of the molecule is C[C@H](NS(=O)(=O)c1ccccc1F)C(=O)NCc1ccccc1CS(=O)(=O)N1CCOCC1. The van der Waals surface area contributed by atoms with E-state index in [-0.39, 0.29) is 12.3 Å². The van der Waals surface area contributed by atoms with Gasteiger partial charge in [-0.1, -0.05) is 36.4 Å². The summed E-state index contributed by atoms with van der Waals surface area (Å²) < 4.78 is 72.9. The van der Waals surface area contributed by atoms with Crippen molar-refractivity contribution >= 4 is 26.0 Å². The molecule has 12 heteroatoms. The Bertz CT molecular complexity index is 1200. The first-order chi connectivity index (χ1) is 15.6. The van der Waals surface area contributed by atoms with Gasteiger partial charge in [0.2, 0.25) is 26.0 Å². The molecule has 33 heavy (non-hydrogen) atoms. The minimum atomic E-state index is -4.24. The van der Waals surface area contributed by atoms with Crippen molar-refractivity contribution in [2.75, 3.05) is 26.3 Å². The lowest BCUT2D eigenvalue weighted by Gasteiger charge is -2.26. The fraction of sp³-hybridized carbons (Fsp3) is 0.381. The molecule has 2 aromatic rings. The van der Waals surface area contributed by atoms with Crippen LogP contribution in [0.25, 0.3) is 0 Å². The quantitative estimate of drug-likeness (QED) is 0.530. The molecule has 2 N–H and O–H groups in total. The van der Waals surface area contributed by atoms with Crippen molar-refractivity contribution in [3.05, 3.63) is 65.5 Å². The summed E-state index contributed by atoms with van der Waals surface area (Å²) in [6.45, 7) is 2.61. The summed E-state index contributed by atoms with van der Waals surface area (Å²) in [6.07, 6.45) is 0. The molecule has 3 rings (SSSR count). The van der Waals surface area contributed by atoms with Gasteiger partial charge in [-0.15, -0.1) is 0 Å². The van der Waals surface area contributed by atoms with E-state index in [1.807, 2.05) is 0 Å². The zero-order valence-corrected chi connectivity index (χ0v) is 19.7. The largest absolute Gasteiger partial charge is 0.379 e. The molecule has 0 spiro atoms. The number of hydrogen-bond donors (Lipinski definition) is 2. The molecular weight excluding hydrogens is 473 g/mol. The van der Waals surface area contributed by atoms with Gasteiger partial charge in [0, 0.05) is 19.6 Å². The van der Waals surface area contributed by atoms with E-state index in [0.29, 0.717) is 37.4 Å². The van der Waals surface area contributed by atoms with Crippen LogP contribution in [0, 0.1) is 5.82 Å². The van der Waals surface area contributed by atoms with E-state index in [0.717, 1.165) is 12.1 Å². The van der Waals surface area contributed by atoms with Gasteiger partial charge in [0.25, 0.3) is 0 Å². The van der Waals surface area contributed by atoms with Crippen molar-refractivity contribution in [1.82, 2.24) is 14.3 Å². The Morgan fingerprint density at radius 2 is 1.64 bits per heavy atom. The van der Waals surface area contributed by atoms with E-state index >= 15 is 0 Å². The Kier molecular flexibility index (Phi) is 8.19. The smallest absolute Gasteiger partial charge is 0.244 e. The van der Waals surface area contributed by atoms with Crippen molar-refractivity contribution in [2.24, 2.45) is 0 Å². The maximum atomic E-state index is 13.8. The summed E-state index contributed by atoms with van der Waals surface area (Å²) in [5.41, 5.74) is 1.12. The molecule has 1 saturated heterocycles. The highest BCUT2D eigenvalue weighted by Crippen LogP contribution is 2.17. The average Bonchev–Trinajstić information content (AvgIpc) is 2.78. The van der Waals surface area contributed by atoms with Crippen LogP contribution in [0.1, 0.15) is 18.1 Å². The number of sulfonamides is 2. The van der Waals surface area contributed by atoms with Crippen molar-refractivity contribution in [3.63, 3.8) is 0 Å². The summed E-state index contributed by atoms with van der Waals surface area (Å²) in [4.78, 5) is 11.9. The lowest BCUT2D eigenvalue weighted by molar-refractivity contribution is -0.122. The Morgan fingerprint density at radius 3 is 2.30 bits per heavy atom. The molecule has 1 fully saturated rings. The molecular formula is C21H26FN3O6S2. The highest BCUT2D eigenvalue weighted by molar-refractivity contribution is 7.89. The predicted molar refractivity (Wildman–Crippen MR) is 119 cm³/mol. The second-order valence-electron chi connectivity index (χ2n) is 7.53. The Labute approximate surface area is 193 Å². The maximum absolute atomic E-state index is 13.8. The van der Waals surface area contributed by atoms with Crippen LogP contribution in [0.5, 0.6) is 0 Å². The minimum Gasteiger partial charge on any atom is -0.379 e. The summed E-state index contributed by atoms with van der Waals surface area (Å²) in [7, 11) is -7.80. The normalized spacial score (nSPS) is 16.3. The van der Waals surface area contributed by atoms with Crippen LogP contribution in [0.3, 0.4) is 0 Å². The molecule has 0 bridgehead atoms. The Hall–Kier alpha value is -2.38. The van der Waals surface area contributed by atoms with Crippen LogP contribution in [-0.2, 0) is 41.9 Å². The van der Waals surface area contributed by atoms with Gasteiger partial charge < -0.3 is 10.1 Å². The van der Waals surface area contributed by atoms with Crippen molar-refractivity contribution < 1.29 is 30.8 Å². The number of nitrogens with zero attached hydrogens (tertiary/aromatic N) is 1. The standard InChI is InChI=1S/C21H26FN3O6S2/c1-16(24-33(29,30)20-9-5-4-8-19(20)22)21(26)23-14-17-6-2-3-7-18(17)15-32(27,28)25-10-12-31-13-11-25/h2-9,16,24H,10-15H2,1H3,(H,23,26)/t16-/m0/s1.